The van der Waals surface area contributed by atoms with Gasteiger partial charge in [0, 0.05) is 22.9 Å². The van der Waals surface area contributed by atoms with Crippen LogP contribution in [0.5, 0.6) is 0 Å². The second kappa shape index (κ2) is 6.39. The monoisotopic (exact) mass is 298 g/mol. The highest BCUT2D eigenvalue weighted by Crippen LogP contribution is 2.26. The number of para-hydroxylation sites is 1. The first-order chi connectivity index (χ1) is 10.4. The van der Waals surface area contributed by atoms with E-state index in [1.54, 1.807) is 13.0 Å². The molecule has 1 N–H and O–H groups in total. The van der Waals surface area contributed by atoms with Crippen LogP contribution in [-0.4, -0.2) is 10.8 Å². The molecule has 0 unspecified atom stereocenters. The molecule has 2 aromatic rings. The number of nitrogens with one attached hydrogen (secondary N) is 1. The van der Waals surface area contributed by atoms with Gasteiger partial charge in [-0.2, -0.15) is 0 Å². The summed E-state index contributed by atoms with van der Waals surface area (Å²) >= 11 is 0. The number of carbonyl (C=O) groups excluding carboxylic acids is 1. The number of hydrogen-bond acceptors (Lipinski definition) is 3. The van der Waals surface area contributed by atoms with Crippen LogP contribution in [0.15, 0.2) is 42.5 Å². The summed E-state index contributed by atoms with van der Waals surface area (Å²) in [5.41, 5.74) is 2.39. The summed E-state index contributed by atoms with van der Waals surface area (Å²) in [6.45, 7) is 5.68. The quantitative estimate of drug-likeness (QED) is 0.676. The van der Waals surface area contributed by atoms with Gasteiger partial charge in [0.1, 0.15) is 0 Å². The summed E-state index contributed by atoms with van der Waals surface area (Å²) in [4.78, 5) is 22.9. The molecule has 5 nitrogen and oxygen atoms in total. The van der Waals surface area contributed by atoms with Gasteiger partial charge in [0.15, 0.2) is 0 Å². The van der Waals surface area contributed by atoms with Crippen molar-refractivity contribution in [3.05, 3.63) is 69.3 Å². The lowest BCUT2D eigenvalue weighted by Gasteiger charge is -2.14. The maximum absolute atomic E-state index is 12.5. The fourth-order valence-corrected chi connectivity index (χ4v) is 2.37. The summed E-state index contributed by atoms with van der Waals surface area (Å²) in [6.07, 6.45) is 0. The second-order valence-electron chi connectivity index (χ2n) is 5.40. The number of amides is 1. The molecular formula is C17H18N2O3. The minimum Gasteiger partial charge on any atom is -0.322 e. The first kappa shape index (κ1) is 15.7. The van der Waals surface area contributed by atoms with Gasteiger partial charge in [-0.25, -0.2) is 0 Å². The molecule has 0 aromatic heterocycles. The summed E-state index contributed by atoms with van der Waals surface area (Å²) < 4.78 is 0. The molecule has 0 fully saturated rings. The van der Waals surface area contributed by atoms with E-state index in [0.29, 0.717) is 11.1 Å². The molecule has 22 heavy (non-hydrogen) atoms. The van der Waals surface area contributed by atoms with E-state index in [0.717, 1.165) is 11.3 Å². The van der Waals surface area contributed by atoms with Gasteiger partial charge in [0.2, 0.25) is 0 Å². The van der Waals surface area contributed by atoms with Gasteiger partial charge in [0.25, 0.3) is 11.6 Å². The number of carbonyl (C=O) groups is 1. The van der Waals surface area contributed by atoms with Crippen molar-refractivity contribution >= 4 is 17.3 Å². The highest BCUT2D eigenvalue weighted by atomic mass is 16.6. The van der Waals surface area contributed by atoms with Gasteiger partial charge >= 0.3 is 0 Å². The Kier molecular flexibility index (Phi) is 4.56. The minimum absolute atomic E-state index is 0.0511. The number of anilines is 1. The topological polar surface area (TPSA) is 72.2 Å². The molecule has 0 spiro atoms. The Labute approximate surface area is 129 Å². The van der Waals surface area contributed by atoms with Crippen LogP contribution >= 0.6 is 0 Å². The molecule has 0 atom stereocenters. The normalized spacial score (nSPS) is 10.5. The maximum Gasteiger partial charge on any atom is 0.273 e. The SMILES string of the molecule is Cc1c(C(=O)Nc2ccccc2C(C)C)cccc1[N+](=O)[O-]. The standard InChI is InChI=1S/C17H18N2O3/c1-11(2)13-7-4-5-9-15(13)18-17(20)14-8-6-10-16(12(14)3)19(21)22/h4-11H,1-3H3,(H,18,20). The third-order valence-electron chi connectivity index (χ3n) is 3.58. The zero-order valence-corrected chi connectivity index (χ0v) is 12.8. The molecule has 0 aliphatic carbocycles. The number of rotatable bonds is 4. The fraction of sp³-hybridized carbons (Fsp3) is 0.235. The summed E-state index contributed by atoms with van der Waals surface area (Å²) in [5.74, 6) is -0.0722. The molecule has 0 aliphatic rings. The van der Waals surface area contributed by atoms with Gasteiger partial charge < -0.3 is 5.32 Å². The van der Waals surface area contributed by atoms with E-state index in [-0.39, 0.29) is 17.5 Å². The predicted octanol–water partition coefficient (Wildman–Crippen LogP) is 4.28. The Hall–Kier alpha value is -2.69. The highest BCUT2D eigenvalue weighted by molar-refractivity contribution is 6.06. The van der Waals surface area contributed by atoms with Crippen LogP contribution < -0.4 is 5.32 Å². The Bertz CT molecular complexity index is 724. The third-order valence-corrected chi connectivity index (χ3v) is 3.58. The molecule has 0 radical (unpaired) electrons. The molecule has 1 amide bonds. The lowest BCUT2D eigenvalue weighted by Crippen LogP contribution is -2.15. The van der Waals surface area contributed by atoms with Crippen molar-refractivity contribution in [2.75, 3.05) is 5.32 Å². The fourth-order valence-electron chi connectivity index (χ4n) is 2.37. The van der Waals surface area contributed by atoms with Crippen molar-refractivity contribution in [3.8, 4) is 0 Å². The van der Waals surface area contributed by atoms with Crippen LogP contribution in [0, 0.1) is 17.0 Å². The number of nitro groups is 1. The Morgan fingerprint density at radius 3 is 2.45 bits per heavy atom. The molecule has 114 valence electrons. The van der Waals surface area contributed by atoms with Gasteiger partial charge in [-0.3, -0.25) is 14.9 Å². The first-order valence-corrected chi connectivity index (χ1v) is 7.06. The molecule has 0 aliphatic heterocycles. The zero-order valence-electron chi connectivity index (χ0n) is 12.8. The van der Waals surface area contributed by atoms with E-state index >= 15 is 0 Å². The molecule has 0 bridgehead atoms. The van der Waals surface area contributed by atoms with Crippen molar-refractivity contribution in [2.24, 2.45) is 0 Å². The molecule has 2 rings (SSSR count). The molecule has 2 aromatic carbocycles. The molecule has 0 heterocycles. The second-order valence-corrected chi connectivity index (χ2v) is 5.40. The van der Waals surface area contributed by atoms with Crippen molar-refractivity contribution in [2.45, 2.75) is 26.7 Å². The average molecular weight is 298 g/mol. The third kappa shape index (κ3) is 3.14. The van der Waals surface area contributed by atoms with Crippen LogP contribution in [0.25, 0.3) is 0 Å². The lowest BCUT2D eigenvalue weighted by molar-refractivity contribution is -0.385. The van der Waals surface area contributed by atoms with Gasteiger partial charge in [-0.1, -0.05) is 38.1 Å². The number of hydrogen-bond donors (Lipinski definition) is 1. The Balaban J connectivity index is 2.35. The maximum atomic E-state index is 12.5. The lowest BCUT2D eigenvalue weighted by atomic mass is 10.0. The van der Waals surface area contributed by atoms with E-state index in [2.05, 4.69) is 5.32 Å². The van der Waals surface area contributed by atoms with E-state index in [1.165, 1.54) is 12.1 Å². The van der Waals surface area contributed by atoms with E-state index in [9.17, 15) is 14.9 Å². The molecule has 0 saturated heterocycles. The average Bonchev–Trinajstić information content (AvgIpc) is 2.47. The van der Waals surface area contributed by atoms with Crippen LogP contribution in [-0.2, 0) is 0 Å². The largest absolute Gasteiger partial charge is 0.322 e. The first-order valence-electron chi connectivity index (χ1n) is 7.06. The van der Waals surface area contributed by atoms with Crippen LogP contribution in [0.3, 0.4) is 0 Å². The van der Waals surface area contributed by atoms with Crippen LogP contribution in [0.1, 0.15) is 41.3 Å². The zero-order chi connectivity index (χ0) is 16.3. The van der Waals surface area contributed by atoms with Crippen LogP contribution in [0.2, 0.25) is 0 Å². The number of nitrogens with zero attached hydrogens (tertiary/aromatic N) is 1. The van der Waals surface area contributed by atoms with Crippen molar-refractivity contribution in [3.63, 3.8) is 0 Å². The Morgan fingerprint density at radius 1 is 1.14 bits per heavy atom. The summed E-state index contributed by atoms with van der Waals surface area (Å²) in [6, 6.07) is 12.1. The molecule has 5 heteroatoms. The van der Waals surface area contributed by atoms with Crippen molar-refractivity contribution < 1.29 is 9.72 Å². The predicted molar refractivity (Wildman–Crippen MR) is 86.3 cm³/mol. The minimum atomic E-state index is -0.478. The van der Waals surface area contributed by atoms with Gasteiger partial charge in [0.05, 0.1) is 4.92 Å². The van der Waals surface area contributed by atoms with Crippen molar-refractivity contribution in [1.82, 2.24) is 0 Å². The van der Waals surface area contributed by atoms with E-state index in [1.807, 2.05) is 38.1 Å². The Morgan fingerprint density at radius 2 is 1.82 bits per heavy atom. The van der Waals surface area contributed by atoms with E-state index < -0.39 is 4.92 Å². The van der Waals surface area contributed by atoms with E-state index in [4.69, 9.17) is 0 Å². The van der Waals surface area contributed by atoms with Crippen LogP contribution in [0.4, 0.5) is 11.4 Å². The molecular weight excluding hydrogens is 280 g/mol. The van der Waals surface area contributed by atoms with Gasteiger partial charge in [-0.15, -0.1) is 0 Å². The molecule has 0 saturated carbocycles. The number of nitro benzene ring substituents is 1. The van der Waals surface area contributed by atoms with Gasteiger partial charge in [-0.05, 0) is 30.5 Å². The highest BCUT2D eigenvalue weighted by Gasteiger charge is 2.18. The van der Waals surface area contributed by atoms with Crippen molar-refractivity contribution in [1.29, 1.82) is 0 Å². The number of benzene rings is 2. The smallest absolute Gasteiger partial charge is 0.273 e. The summed E-state index contributed by atoms with van der Waals surface area (Å²) in [5, 5.41) is 13.8. The summed E-state index contributed by atoms with van der Waals surface area (Å²) in [7, 11) is 0.